The van der Waals surface area contributed by atoms with Gasteiger partial charge in [-0.15, -0.1) is 0 Å². The number of sulfone groups is 1. The SMILES string of the molecule is CC1(CNCCS(=O)(=O)C(C)(C)C)CCOCC1. The van der Waals surface area contributed by atoms with Crippen molar-refractivity contribution in [3.05, 3.63) is 0 Å². The Hall–Kier alpha value is -0.130. The Balaban J connectivity index is 2.31. The van der Waals surface area contributed by atoms with Crippen molar-refractivity contribution in [1.29, 1.82) is 0 Å². The van der Waals surface area contributed by atoms with Crippen LogP contribution >= 0.6 is 0 Å². The molecule has 1 heterocycles. The molecule has 1 fully saturated rings. The largest absolute Gasteiger partial charge is 0.381 e. The second kappa shape index (κ2) is 5.88. The van der Waals surface area contributed by atoms with Gasteiger partial charge in [0.05, 0.1) is 10.5 Å². The van der Waals surface area contributed by atoms with Crippen LogP contribution in [0.25, 0.3) is 0 Å². The fourth-order valence-corrected chi connectivity index (χ4v) is 2.97. The highest BCUT2D eigenvalue weighted by Crippen LogP contribution is 2.28. The third kappa shape index (κ3) is 4.52. The van der Waals surface area contributed by atoms with Gasteiger partial charge in [0.2, 0.25) is 0 Å². The predicted octanol–water partition coefficient (Wildman–Crippen LogP) is 1.61. The number of ether oxygens (including phenoxy) is 1. The maximum absolute atomic E-state index is 11.9. The molecule has 0 aliphatic carbocycles. The van der Waals surface area contributed by atoms with E-state index in [4.69, 9.17) is 4.74 Å². The molecule has 1 saturated heterocycles. The van der Waals surface area contributed by atoms with Crippen molar-refractivity contribution < 1.29 is 13.2 Å². The number of nitrogens with one attached hydrogen (secondary N) is 1. The topological polar surface area (TPSA) is 55.4 Å². The lowest BCUT2D eigenvalue weighted by Crippen LogP contribution is -2.40. The lowest BCUT2D eigenvalue weighted by Gasteiger charge is -2.33. The van der Waals surface area contributed by atoms with E-state index in [9.17, 15) is 8.42 Å². The highest BCUT2D eigenvalue weighted by molar-refractivity contribution is 7.92. The summed E-state index contributed by atoms with van der Waals surface area (Å²) >= 11 is 0. The normalized spacial score (nSPS) is 20.9. The molecule has 0 aromatic heterocycles. The van der Waals surface area contributed by atoms with Crippen molar-refractivity contribution in [2.24, 2.45) is 5.41 Å². The van der Waals surface area contributed by atoms with E-state index in [1.165, 1.54) is 0 Å². The zero-order chi connectivity index (χ0) is 13.9. The second-order valence-corrected chi connectivity index (χ2v) is 9.39. The van der Waals surface area contributed by atoms with Gasteiger partial charge in [-0.3, -0.25) is 0 Å². The minimum Gasteiger partial charge on any atom is -0.381 e. The molecule has 0 aromatic rings. The van der Waals surface area contributed by atoms with Gasteiger partial charge in [-0.05, 0) is 39.0 Å². The van der Waals surface area contributed by atoms with Gasteiger partial charge in [-0.25, -0.2) is 8.42 Å². The van der Waals surface area contributed by atoms with E-state index < -0.39 is 14.6 Å². The Morgan fingerprint density at radius 2 is 1.78 bits per heavy atom. The highest BCUT2D eigenvalue weighted by atomic mass is 32.2. The summed E-state index contributed by atoms with van der Waals surface area (Å²) in [7, 11) is -3.01. The van der Waals surface area contributed by atoms with Crippen LogP contribution in [-0.2, 0) is 14.6 Å². The summed E-state index contributed by atoms with van der Waals surface area (Å²) in [6.45, 7) is 10.5. The van der Waals surface area contributed by atoms with Crippen molar-refractivity contribution in [3.8, 4) is 0 Å². The van der Waals surface area contributed by atoms with Crippen molar-refractivity contribution in [2.75, 3.05) is 32.1 Å². The molecule has 0 radical (unpaired) electrons. The van der Waals surface area contributed by atoms with Crippen molar-refractivity contribution in [3.63, 3.8) is 0 Å². The van der Waals surface area contributed by atoms with Gasteiger partial charge < -0.3 is 10.1 Å². The van der Waals surface area contributed by atoms with Crippen LogP contribution in [0.15, 0.2) is 0 Å². The summed E-state index contributed by atoms with van der Waals surface area (Å²) in [5, 5.41) is 3.29. The minimum atomic E-state index is -3.01. The van der Waals surface area contributed by atoms with Crippen molar-refractivity contribution >= 4 is 9.84 Å². The quantitative estimate of drug-likeness (QED) is 0.776. The summed E-state index contributed by atoms with van der Waals surface area (Å²) in [4.78, 5) is 0. The van der Waals surface area contributed by atoms with Crippen LogP contribution in [0.3, 0.4) is 0 Å². The summed E-state index contributed by atoms with van der Waals surface area (Å²) in [6.07, 6.45) is 2.10. The average molecular weight is 277 g/mol. The molecule has 18 heavy (non-hydrogen) atoms. The molecule has 0 bridgehead atoms. The third-order valence-electron chi connectivity index (χ3n) is 3.73. The number of rotatable bonds is 5. The van der Waals surface area contributed by atoms with Crippen LogP contribution in [0.2, 0.25) is 0 Å². The van der Waals surface area contributed by atoms with Crippen molar-refractivity contribution in [2.45, 2.75) is 45.3 Å². The number of hydrogen-bond acceptors (Lipinski definition) is 4. The summed E-state index contributed by atoms with van der Waals surface area (Å²) in [5.74, 6) is 0.211. The Labute approximate surface area is 111 Å². The summed E-state index contributed by atoms with van der Waals surface area (Å²) < 4.78 is 28.5. The number of hydrogen-bond donors (Lipinski definition) is 1. The molecule has 0 aromatic carbocycles. The Morgan fingerprint density at radius 3 is 2.28 bits per heavy atom. The molecule has 0 saturated carbocycles. The van der Waals surface area contributed by atoms with Crippen LogP contribution in [0, 0.1) is 5.41 Å². The zero-order valence-corrected chi connectivity index (χ0v) is 12.9. The first kappa shape index (κ1) is 15.9. The van der Waals surface area contributed by atoms with E-state index in [0.29, 0.717) is 6.54 Å². The van der Waals surface area contributed by atoms with Gasteiger partial charge in [0.25, 0.3) is 0 Å². The fourth-order valence-electron chi connectivity index (χ4n) is 1.94. The molecule has 1 N–H and O–H groups in total. The molecule has 0 unspecified atom stereocenters. The van der Waals surface area contributed by atoms with E-state index >= 15 is 0 Å². The van der Waals surface area contributed by atoms with Crippen LogP contribution in [0.4, 0.5) is 0 Å². The van der Waals surface area contributed by atoms with Gasteiger partial charge in [-0.1, -0.05) is 6.92 Å². The maximum atomic E-state index is 11.9. The molecule has 1 rings (SSSR count). The lowest BCUT2D eigenvalue weighted by atomic mass is 9.82. The lowest BCUT2D eigenvalue weighted by molar-refractivity contribution is 0.0244. The van der Waals surface area contributed by atoms with Crippen LogP contribution < -0.4 is 5.32 Å². The van der Waals surface area contributed by atoms with Gasteiger partial charge in [0.1, 0.15) is 0 Å². The molecular weight excluding hydrogens is 250 g/mol. The smallest absolute Gasteiger partial charge is 0.156 e. The van der Waals surface area contributed by atoms with Gasteiger partial charge in [-0.2, -0.15) is 0 Å². The monoisotopic (exact) mass is 277 g/mol. The summed E-state index contributed by atoms with van der Waals surface area (Å²) in [5.41, 5.74) is 0.254. The zero-order valence-electron chi connectivity index (χ0n) is 12.1. The fraction of sp³-hybridized carbons (Fsp3) is 1.00. The van der Waals surface area contributed by atoms with Gasteiger partial charge in [0.15, 0.2) is 9.84 Å². The van der Waals surface area contributed by atoms with E-state index in [1.807, 2.05) is 0 Å². The molecule has 1 aliphatic rings. The van der Waals surface area contributed by atoms with E-state index in [-0.39, 0.29) is 11.2 Å². The highest BCUT2D eigenvalue weighted by Gasteiger charge is 2.29. The van der Waals surface area contributed by atoms with Crippen LogP contribution in [-0.4, -0.2) is 45.2 Å². The Bertz CT molecular complexity index is 351. The first-order valence-corrected chi connectivity index (χ1v) is 8.32. The molecule has 0 spiro atoms. The molecule has 4 nitrogen and oxygen atoms in total. The standard InChI is InChI=1S/C13H27NO3S/c1-12(2,3)18(15,16)10-7-14-11-13(4)5-8-17-9-6-13/h14H,5-11H2,1-4H3. The van der Waals surface area contributed by atoms with E-state index in [1.54, 1.807) is 20.8 Å². The van der Waals surface area contributed by atoms with Gasteiger partial charge in [0, 0.05) is 26.3 Å². The molecule has 108 valence electrons. The molecule has 0 amide bonds. The first-order valence-electron chi connectivity index (χ1n) is 6.67. The molecule has 1 aliphatic heterocycles. The van der Waals surface area contributed by atoms with Crippen LogP contribution in [0.1, 0.15) is 40.5 Å². The van der Waals surface area contributed by atoms with E-state index in [0.717, 1.165) is 32.6 Å². The molecular formula is C13H27NO3S. The summed E-state index contributed by atoms with van der Waals surface area (Å²) in [6, 6.07) is 0. The Kier molecular flexibility index (Phi) is 5.21. The first-order chi connectivity index (χ1) is 8.16. The van der Waals surface area contributed by atoms with Gasteiger partial charge >= 0.3 is 0 Å². The third-order valence-corrected chi connectivity index (χ3v) is 6.34. The van der Waals surface area contributed by atoms with Crippen LogP contribution in [0.5, 0.6) is 0 Å². The Morgan fingerprint density at radius 1 is 1.22 bits per heavy atom. The second-order valence-electron chi connectivity index (χ2n) is 6.53. The maximum Gasteiger partial charge on any atom is 0.156 e. The molecule has 0 atom stereocenters. The van der Waals surface area contributed by atoms with Crippen molar-refractivity contribution in [1.82, 2.24) is 5.32 Å². The minimum absolute atomic E-state index is 0.211. The predicted molar refractivity (Wildman–Crippen MR) is 74.6 cm³/mol. The average Bonchev–Trinajstić information content (AvgIpc) is 2.24. The molecule has 5 heteroatoms. The van der Waals surface area contributed by atoms with E-state index in [2.05, 4.69) is 12.2 Å².